The van der Waals surface area contributed by atoms with Gasteiger partial charge in [0.15, 0.2) is 0 Å². The third-order valence-corrected chi connectivity index (χ3v) is 4.16. The van der Waals surface area contributed by atoms with E-state index < -0.39 is 0 Å². The summed E-state index contributed by atoms with van der Waals surface area (Å²) < 4.78 is 0. The molecule has 3 nitrogen and oxygen atoms in total. The SMILES string of the molecule is CC(C)(CNC(=O)CCC1CCCN1)c1ccccc1.Cl. The molecule has 1 aromatic carbocycles. The summed E-state index contributed by atoms with van der Waals surface area (Å²) in [6.07, 6.45) is 4.04. The predicted octanol–water partition coefficient (Wildman–Crippen LogP) is 3.03. The third-order valence-electron chi connectivity index (χ3n) is 4.16. The average molecular weight is 311 g/mol. The molecule has 1 unspecified atom stereocenters. The number of halogens is 1. The van der Waals surface area contributed by atoms with Gasteiger partial charge in [0, 0.05) is 24.4 Å². The Labute approximate surface area is 134 Å². The highest BCUT2D eigenvalue weighted by atomic mass is 35.5. The van der Waals surface area contributed by atoms with Crippen molar-refractivity contribution < 1.29 is 4.79 Å². The summed E-state index contributed by atoms with van der Waals surface area (Å²) in [5, 5.41) is 6.51. The topological polar surface area (TPSA) is 41.1 Å². The Hall–Kier alpha value is -1.06. The van der Waals surface area contributed by atoms with Crippen LogP contribution in [-0.4, -0.2) is 25.0 Å². The maximum Gasteiger partial charge on any atom is 0.220 e. The molecule has 1 aliphatic heterocycles. The van der Waals surface area contributed by atoms with Gasteiger partial charge < -0.3 is 10.6 Å². The first kappa shape index (κ1) is 18.0. The summed E-state index contributed by atoms with van der Waals surface area (Å²) in [6, 6.07) is 10.9. The number of rotatable bonds is 6. The first-order valence-corrected chi connectivity index (χ1v) is 7.63. The van der Waals surface area contributed by atoms with Crippen LogP contribution in [0.25, 0.3) is 0 Å². The molecule has 0 radical (unpaired) electrons. The molecule has 21 heavy (non-hydrogen) atoms. The van der Waals surface area contributed by atoms with Crippen molar-refractivity contribution >= 4 is 18.3 Å². The minimum atomic E-state index is -0.0253. The fourth-order valence-corrected chi connectivity index (χ4v) is 2.71. The molecule has 1 heterocycles. The van der Waals surface area contributed by atoms with Crippen LogP contribution in [0.2, 0.25) is 0 Å². The second kappa shape index (κ2) is 8.40. The van der Waals surface area contributed by atoms with E-state index in [0.717, 1.165) is 13.0 Å². The van der Waals surface area contributed by atoms with Crippen LogP contribution in [0.15, 0.2) is 30.3 Å². The highest BCUT2D eigenvalue weighted by molar-refractivity contribution is 5.85. The van der Waals surface area contributed by atoms with E-state index in [2.05, 4.69) is 36.6 Å². The maximum absolute atomic E-state index is 11.9. The number of hydrogen-bond acceptors (Lipinski definition) is 2. The van der Waals surface area contributed by atoms with E-state index in [1.807, 2.05) is 18.2 Å². The van der Waals surface area contributed by atoms with Crippen molar-refractivity contribution in [1.82, 2.24) is 10.6 Å². The minimum Gasteiger partial charge on any atom is -0.355 e. The zero-order valence-corrected chi connectivity index (χ0v) is 13.8. The Morgan fingerprint density at radius 2 is 2.05 bits per heavy atom. The standard InChI is InChI=1S/C17H26N2O.ClH/c1-17(2,14-7-4-3-5-8-14)13-19-16(20)11-10-15-9-6-12-18-15;/h3-5,7-8,15,18H,6,9-13H2,1-2H3,(H,19,20);1H. The van der Waals surface area contributed by atoms with E-state index in [1.165, 1.54) is 18.4 Å². The average Bonchev–Trinajstić information content (AvgIpc) is 2.97. The van der Waals surface area contributed by atoms with Gasteiger partial charge >= 0.3 is 0 Å². The van der Waals surface area contributed by atoms with Crippen molar-refractivity contribution in [2.24, 2.45) is 0 Å². The van der Waals surface area contributed by atoms with Crippen LogP contribution in [0.1, 0.15) is 45.1 Å². The summed E-state index contributed by atoms with van der Waals surface area (Å²) in [6.45, 7) is 6.13. The van der Waals surface area contributed by atoms with Gasteiger partial charge in [-0.25, -0.2) is 0 Å². The van der Waals surface area contributed by atoms with Gasteiger partial charge in [-0.15, -0.1) is 12.4 Å². The molecule has 0 bridgehead atoms. The van der Waals surface area contributed by atoms with Gasteiger partial charge in [-0.3, -0.25) is 4.79 Å². The first-order valence-electron chi connectivity index (χ1n) is 7.63. The van der Waals surface area contributed by atoms with E-state index in [1.54, 1.807) is 0 Å². The first-order chi connectivity index (χ1) is 9.58. The van der Waals surface area contributed by atoms with Crippen LogP contribution in [-0.2, 0) is 10.2 Å². The lowest BCUT2D eigenvalue weighted by atomic mass is 9.84. The number of nitrogens with one attached hydrogen (secondary N) is 2. The molecular weight excluding hydrogens is 284 g/mol. The van der Waals surface area contributed by atoms with Crippen molar-refractivity contribution in [2.45, 2.75) is 51.0 Å². The number of carbonyl (C=O) groups is 1. The quantitative estimate of drug-likeness (QED) is 0.848. The van der Waals surface area contributed by atoms with Crippen LogP contribution >= 0.6 is 12.4 Å². The van der Waals surface area contributed by atoms with E-state index in [9.17, 15) is 4.79 Å². The lowest BCUT2D eigenvalue weighted by Gasteiger charge is -2.25. The van der Waals surface area contributed by atoms with Gasteiger partial charge in [0.05, 0.1) is 0 Å². The third kappa shape index (κ3) is 5.68. The Bertz CT molecular complexity index is 428. The van der Waals surface area contributed by atoms with Crippen LogP contribution in [0.3, 0.4) is 0 Å². The number of benzene rings is 1. The predicted molar refractivity (Wildman–Crippen MR) is 90.0 cm³/mol. The molecular formula is C17H27ClN2O. The van der Waals surface area contributed by atoms with Crippen molar-refractivity contribution in [2.75, 3.05) is 13.1 Å². The fraction of sp³-hybridized carbons (Fsp3) is 0.588. The van der Waals surface area contributed by atoms with Gasteiger partial charge in [-0.05, 0) is 31.4 Å². The summed E-state index contributed by atoms with van der Waals surface area (Å²) in [4.78, 5) is 11.9. The number of hydrogen-bond donors (Lipinski definition) is 2. The Balaban J connectivity index is 0.00000220. The monoisotopic (exact) mass is 310 g/mol. The Morgan fingerprint density at radius 1 is 1.33 bits per heavy atom. The molecule has 1 aromatic rings. The highest BCUT2D eigenvalue weighted by Crippen LogP contribution is 2.21. The summed E-state index contributed by atoms with van der Waals surface area (Å²) in [7, 11) is 0. The van der Waals surface area contributed by atoms with Crippen LogP contribution in [0.5, 0.6) is 0 Å². The minimum absolute atomic E-state index is 0. The van der Waals surface area contributed by atoms with Crippen molar-refractivity contribution in [3.8, 4) is 0 Å². The van der Waals surface area contributed by atoms with Crippen molar-refractivity contribution in [3.05, 3.63) is 35.9 Å². The lowest BCUT2D eigenvalue weighted by molar-refractivity contribution is -0.121. The van der Waals surface area contributed by atoms with Gasteiger partial charge in [0.2, 0.25) is 5.91 Å². The molecule has 0 spiro atoms. The normalized spacial score (nSPS) is 18.1. The van der Waals surface area contributed by atoms with Gasteiger partial charge in [0.1, 0.15) is 0 Å². The van der Waals surface area contributed by atoms with Gasteiger partial charge in [-0.1, -0.05) is 44.2 Å². The number of amides is 1. The zero-order valence-electron chi connectivity index (χ0n) is 13.0. The van der Waals surface area contributed by atoms with Gasteiger partial charge in [0.25, 0.3) is 0 Å². The van der Waals surface area contributed by atoms with Crippen molar-refractivity contribution in [3.63, 3.8) is 0 Å². The lowest BCUT2D eigenvalue weighted by Crippen LogP contribution is -2.37. The molecule has 1 saturated heterocycles. The summed E-state index contributed by atoms with van der Waals surface area (Å²) in [5.41, 5.74) is 1.24. The molecule has 0 saturated carbocycles. The van der Waals surface area contributed by atoms with Crippen LogP contribution < -0.4 is 10.6 Å². The molecule has 0 aliphatic carbocycles. The Kier molecular flexibility index (Phi) is 7.20. The molecule has 4 heteroatoms. The van der Waals surface area contributed by atoms with Crippen molar-refractivity contribution in [1.29, 1.82) is 0 Å². The van der Waals surface area contributed by atoms with E-state index in [0.29, 0.717) is 19.0 Å². The molecule has 2 N–H and O–H groups in total. The Morgan fingerprint density at radius 3 is 2.67 bits per heavy atom. The molecule has 118 valence electrons. The second-order valence-electron chi connectivity index (χ2n) is 6.36. The maximum atomic E-state index is 11.9. The van der Waals surface area contributed by atoms with E-state index in [-0.39, 0.29) is 23.7 Å². The van der Waals surface area contributed by atoms with Crippen LogP contribution in [0.4, 0.5) is 0 Å². The van der Waals surface area contributed by atoms with E-state index >= 15 is 0 Å². The summed E-state index contributed by atoms with van der Waals surface area (Å²) >= 11 is 0. The molecule has 2 rings (SSSR count). The second-order valence-corrected chi connectivity index (χ2v) is 6.36. The fourth-order valence-electron chi connectivity index (χ4n) is 2.71. The largest absolute Gasteiger partial charge is 0.355 e. The highest BCUT2D eigenvalue weighted by Gasteiger charge is 2.21. The molecule has 1 atom stereocenters. The molecule has 0 aromatic heterocycles. The number of carbonyl (C=O) groups excluding carboxylic acids is 1. The van der Waals surface area contributed by atoms with Crippen LogP contribution in [0, 0.1) is 0 Å². The zero-order chi connectivity index (χ0) is 14.4. The summed E-state index contributed by atoms with van der Waals surface area (Å²) in [5.74, 6) is 0.169. The molecule has 1 amide bonds. The van der Waals surface area contributed by atoms with E-state index in [4.69, 9.17) is 0 Å². The smallest absolute Gasteiger partial charge is 0.220 e. The van der Waals surface area contributed by atoms with Gasteiger partial charge in [-0.2, -0.15) is 0 Å². The molecule has 1 fully saturated rings. The molecule has 1 aliphatic rings.